The van der Waals surface area contributed by atoms with Crippen molar-refractivity contribution in [2.75, 3.05) is 26.3 Å². The van der Waals surface area contributed by atoms with Gasteiger partial charge in [-0.3, -0.25) is 9.69 Å². The topological polar surface area (TPSA) is 70.0 Å². The first-order valence-corrected chi connectivity index (χ1v) is 8.50. The van der Waals surface area contributed by atoms with Crippen LogP contribution in [0, 0.1) is 0 Å². The number of ether oxygens (including phenoxy) is 1. The van der Waals surface area contributed by atoms with Crippen molar-refractivity contribution >= 4 is 5.97 Å². The average molecular weight is 341 g/mol. The van der Waals surface area contributed by atoms with Crippen LogP contribution in [0.25, 0.3) is 11.1 Å². The van der Waals surface area contributed by atoms with Gasteiger partial charge in [0.25, 0.3) is 0 Å². The van der Waals surface area contributed by atoms with Crippen molar-refractivity contribution in [3.05, 3.63) is 53.6 Å². The summed E-state index contributed by atoms with van der Waals surface area (Å²) < 4.78 is 5.40. The SMILES string of the molecule is CC(c1ccc(-c2cc(CC(=O)O)ccc2O)cc1)N1CCOCC1. The number of hydrogen-bond donors (Lipinski definition) is 2. The van der Waals surface area contributed by atoms with Crippen LogP contribution < -0.4 is 0 Å². The number of carboxylic acids is 1. The van der Waals surface area contributed by atoms with Crippen LogP contribution in [0.3, 0.4) is 0 Å². The van der Waals surface area contributed by atoms with Crippen LogP contribution in [0.2, 0.25) is 0 Å². The molecule has 1 atom stereocenters. The second-order valence-corrected chi connectivity index (χ2v) is 6.37. The second-order valence-electron chi connectivity index (χ2n) is 6.37. The molecule has 1 fully saturated rings. The van der Waals surface area contributed by atoms with Gasteiger partial charge in [0, 0.05) is 24.7 Å². The third kappa shape index (κ3) is 4.18. The van der Waals surface area contributed by atoms with Crippen LogP contribution in [-0.2, 0) is 16.0 Å². The van der Waals surface area contributed by atoms with Crippen molar-refractivity contribution in [1.29, 1.82) is 0 Å². The monoisotopic (exact) mass is 341 g/mol. The lowest BCUT2D eigenvalue weighted by molar-refractivity contribution is -0.136. The Labute approximate surface area is 147 Å². The summed E-state index contributed by atoms with van der Waals surface area (Å²) in [5, 5.41) is 19.1. The molecule has 2 aromatic rings. The number of phenolic OH excluding ortho intramolecular Hbond substituents is 1. The number of hydrogen-bond acceptors (Lipinski definition) is 4. The van der Waals surface area contributed by atoms with E-state index in [2.05, 4.69) is 24.0 Å². The summed E-state index contributed by atoms with van der Waals surface area (Å²) >= 11 is 0. The van der Waals surface area contributed by atoms with Gasteiger partial charge in [0.1, 0.15) is 5.75 Å². The summed E-state index contributed by atoms with van der Waals surface area (Å²) in [6.07, 6.45) is -0.0561. The minimum absolute atomic E-state index is 0.0561. The van der Waals surface area contributed by atoms with Crippen molar-refractivity contribution in [2.45, 2.75) is 19.4 Å². The van der Waals surface area contributed by atoms with Crippen LogP contribution in [0.1, 0.15) is 24.1 Å². The molecular weight excluding hydrogens is 318 g/mol. The number of rotatable bonds is 5. The van der Waals surface area contributed by atoms with Gasteiger partial charge in [-0.15, -0.1) is 0 Å². The number of carboxylic acid groups (broad SMARTS) is 1. The highest BCUT2D eigenvalue weighted by molar-refractivity contribution is 5.74. The highest BCUT2D eigenvalue weighted by atomic mass is 16.5. The molecule has 132 valence electrons. The first-order valence-electron chi connectivity index (χ1n) is 8.50. The Morgan fingerprint density at radius 1 is 1.16 bits per heavy atom. The second kappa shape index (κ2) is 7.68. The Hall–Kier alpha value is -2.37. The van der Waals surface area contributed by atoms with Gasteiger partial charge in [0.05, 0.1) is 19.6 Å². The van der Waals surface area contributed by atoms with E-state index >= 15 is 0 Å². The number of morpholine rings is 1. The van der Waals surface area contributed by atoms with Crippen LogP contribution in [-0.4, -0.2) is 47.4 Å². The summed E-state index contributed by atoms with van der Waals surface area (Å²) in [5.41, 5.74) is 3.42. The van der Waals surface area contributed by atoms with E-state index in [9.17, 15) is 9.90 Å². The Morgan fingerprint density at radius 2 is 1.84 bits per heavy atom. The van der Waals surface area contributed by atoms with E-state index in [1.807, 2.05) is 12.1 Å². The van der Waals surface area contributed by atoms with Crippen molar-refractivity contribution in [1.82, 2.24) is 4.90 Å². The highest BCUT2D eigenvalue weighted by Crippen LogP contribution is 2.32. The minimum atomic E-state index is -0.883. The molecule has 1 heterocycles. The van der Waals surface area contributed by atoms with E-state index < -0.39 is 5.97 Å². The Kier molecular flexibility index (Phi) is 5.36. The molecule has 0 bridgehead atoms. The molecule has 0 saturated carbocycles. The molecule has 1 aliphatic rings. The van der Waals surface area contributed by atoms with Crippen LogP contribution in [0.5, 0.6) is 5.75 Å². The van der Waals surface area contributed by atoms with E-state index in [0.29, 0.717) is 17.2 Å². The number of aromatic hydroxyl groups is 1. The van der Waals surface area contributed by atoms with E-state index in [1.165, 1.54) is 5.56 Å². The van der Waals surface area contributed by atoms with Crippen molar-refractivity contribution < 1.29 is 19.7 Å². The fourth-order valence-electron chi connectivity index (χ4n) is 3.22. The maximum atomic E-state index is 10.9. The minimum Gasteiger partial charge on any atom is -0.507 e. The Morgan fingerprint density at radius 3 is 2.48 bits per heavy atom. The van der Waals surface area contributed by atoms with Gasteiger partial charge in [-0.2, -0.15) is 0 Å². The smallest absolute Gasteiger partial charge is 0.307 e. The standard InChI is InChI=1S/C20H23NO4/c1-14(21-8-10-25-11-9-21)16-3-5-17(6-4-16)18-12-15(13-20(23)24)2-7-19(18)22/h2-7,12,14,22H,8-11,13H2,1H3,(H,23,24). The summed E-state index contributed by atoms with van der Waals surface area (Å²) in [4.78, 5) is 13.3. The zero-order valence-electron chi connectivity index (χ0n) is 14.3. The number of phenols is 1. The molecule has 0 radical (unpaired) electrons. The first-order chi connectivity index (χ1) is 12.0. The fourth-order valence-corrected chi connectivity index (χ4v) is 3.22. The normalized spacial score (nSPS) is 16.5. The third-order valence-electron chi connectivity index (χ3n) is 4.71. The third-order valence-corrected chi connectivity index (χ3v) is 4.71. The molecular formula is C20H23NO4. The van der Waals surface area contributed by atoms with Gasteiger partial charge in [-0.25, -0.2) is 0 Å². The van der Waals surface area contributed by atoms with Crippen molar-refractivity contribution in [3.63, 3.8) is 0 Å². The number of nitrogens with zero attached hydrogens (tertiary/aromatic N) is 1. The lowest BCUT2D eigenvalue weighted by Crippen LogP contribution is -2.37. The molecule has 0 aromatic heterocycles. The zero-order valence-corrected chi connectivity index (χ0v) is 14.3. The summed E-state index contributed by atoms with van der Waals surface area (Å²) in [5.74, 6) is -0.727. The quantitative estimate of drug-likeness (QED) is 0.875. The van der Waals surface area contributed by atoms with Gasteiger partial charge in [0.2, 0.25) is 0 Å². The molecule has 1 saturated heterocycles. The molecule has 2 N–H and O–H groups in total. The zero-order chi connectivity index (χ0) is 17.8. The van der Waals surface area contributed by atoms with Crippen LogP contribution in [0.4, 0.5) is 0 Å². The van der Waals surface area contributed by atoms with Crippen LogP contribution in [0.15, 0.2) is 42.5 Å². The molecule has 1 aliphatic heterocycles. The molecule has 1 unspecified atom stereocenters. The molecule has 0 amide bonds. The molecule has 5 nitrogen and oxygen atoms in total. The highest BCUT2D eigenvalue weighted by Gasteiger charge is 2.18. The van der Waals surface area contributed by atoms with Gasteiger partial charge in [0.15, 0.2) is 0 Å². The molecule has 25 heavy (non-hydrogen) atoms. The largest absolute Gasteiger partial charge is 0.507 e. The van der Waals surface area contributed by atoms with Gasteiger partial charge in [-0.05, 0) is 35.7 Å². The summed E-state index contributed by atoms with van der Waals surface area (Å²) in [6.45, 7) is 5.59. The summed E-state index contributed by atoms with van der Waals surface area (Å²) in [6, 6.07) is 13.3. The van der Waals surface area contributed by atoms with E-state index in [4.69, 9.17) is 9.84 Å². The molecule has 0 spiro atoms. The maximum Gasteiger partial charge on any atom is 0.307 e. The van der Waals surface area contributed by atoms with E-state index in [1.54, 1.807) is 18.2 Å². The van der Waals surface area contributed by atoms with Crippen molar-refractivity contribution in [2.24, 2.45) is 0 Å². The molecule has 2 aromatic carbocycles. The maximum absolute atomic E-state index is 10.9. The lowest BCUT2D eigenvalue weighted by Gasteiger charge is -2.32. The Balaban J connectivity index is 1.81. The van der Waals surface area contributed by atoms with Crippen molar-refractivity contribution in [3.8, 4) is 16.9 Å². The predicted octanol–water partition coefficient (Wildman–Crippen LogP) is 3.08. The number of carbonyl (C=O) groups is 1. The van der Waals surface area contributed by atoms with Gasteiger partial charge < -0.3 is 14.9 Å². The molecule has 3 rings (SSSR count). The summed E-state index contributed by atoms with van der Waals surface area (Å²) in [7, 11) is 0. The predicted molar refractivity (Wildman–Crippen MR) is 95.7 cm³/mol. The van der Waals surface area contributed by atoms with Gasteiger partial charge >= 0.3 is 5.97 Å². The number of aliphatic carboxylic acids is 1. The first kappa shape index (κ1) is 17.5. The van der Waals surface area contributed by atoms with E-state index in [-0.39, 0.29) is 12.2 Å². The van der Waals surface area contributed by atoms with E-state index in [0.717, 1.165) is 31.9 Å². The lowest BCUT2D eigenvalue weighted by atomic mass is 9.98. The number of benzene rings is 2. The molecule has 0 aliphatic carbocycles. The average Bonchev–Trinajstić information content (AvgIpc) is 2.63. The molecule has 5 heteroatoms. The Bertz CT molecular complexity index is 736. The van der Waals surface area contributed by atoms with Crippen LogP contribution >= 0.6 is 0 Å². The van der Waals surface area contributed by atoms with Gasteiger partial charge in [-0.1, -0.05) is 30.3 Å². The fraction of sp³-hybridized carbons (Fsp3) is 0.350.